The maximum absolute atomic E-state index is 12.8. The van der Waals surface area contributed by atoms with Crippen LogP contribution >= 0.6 is 0 Å². The zero-order chi connectivity index (χ0) is 18.3. The van der Waals surface area contributed by atoms with Crippen LogP contribution in [0.2, 0.25) is 0 Å². The smallest absolute Gasteiger partial charge is 0.416 e. The Morgan fingerprint density at radius 3 is 2.54 bits per heavy atom. The van der Waals surface area contributed by atoms with Gasteiger partial charge in [-0.25, -0.2) is 4.98 Å². The van der Waals surface area contributed by atoms with E-state index in [9.17, 15) is 18.0 Å². The van der Waals surface area contributed by atoms with Gasteiger partial charge in [0.2, 0.25) is 5.78 Å². The van der Waals surface area contributed by atoms with E-state index >= 15 is 0 Å². The number of ether oxygens (including phenoxy) is 1. The van der Waals surface area contributed by atoms with Crippen molar-refractivity contribution in [2.45, 2.75) is 18.7 Å². The van der Waals surface area contributed by atoms with E-state index in [0.29, 0.717) is 17.9 Å². The number of aromatic nitrogens is 2. The lowest BCUT2D eigenvalue weighted by Gasteiger charge is -2.12. The van der Waals surface area contributed by atoms with Crippen molar-refractivity contribution >= 4 is 5.78 Å². The van der Waals surface area contributed by atoms with Gasteiger partial charge in [0.1, 0.15) is 5.75 Å². The number of carbonyl (C=O) groups excluding carboxylic acids is 1. The Balaban J connectivity index is 1.61. The van der Waals surface area contributed by atoms with Crippen LogP contribution in [-0.2, 0) is 12.6 Å². The Morgan fingerprint density at radius 1 is 1.12 bits per heavy atom. The molecule has 1 aliphatic heterocycles. The third-order valence-electron chi connectivity index (χ3n) is 4.27. The van der Waals surface area contributed by atoms with Gasteiger partial charge >= 0.3 is 6.18 Å². The largest absolute Gasteiger partial charge is 0.481 e. The van der Waals surface area contributed by atoms with Crippen molar-refractivity contribution in [3.63, 3.8) is 0 Å². The molecule has 26 heavy (non-hydrogen) atoms. The summed E-state index contributed by atoms with van der Waals surface area (Å²) >= 11 is 0. The van der Waals surface area contributed by atoms with E-state index in [2.05, 4.69) is 4.98 Å². The summed E-state index contributed by atoms with van der Waals surface area (Å²) in [4.78, 5) is 16.9. The summed E-state index contributed by atoms with van der Waals surface area (Å²) in [5.74, 6) is 0.479. The molecule has 0 spiro atoms. The number of hydrogen-bond acceptors (Lipinski definition) is 3. The molecule has 0 saturated carbocycles. The van der Waals surface area contributed by atoms with Crippen LogP contribution in [0.4, 0.5) is 13.2 Å². The topological polar surface area (TPSA) is 44.1 Å². The van der Waals surface area contributed by atoms with Gasteiger partial charge in [-0.1, -0.05) is 18.2 Å². The molecule has 0 N–H and O–H groups in total. The van der Waals surface area contributed by atoms with Crippen molar-refractivity contribution in [1.29, 1.82) is 0 Å². The molecule has 0 saturated heterocycles. The highest BCUT2D eigenvalue weighted by atomic mass is 19.4. The zero-order valence-corrected chi connectivity index (χ0v) is 13.4. The summed E-state index contributed by atoms with van der Waals surface area (Å²) in [5, 5.41) is 0. The maximum atomic E-state index is 12.8. The number of nitrogens with zero attached hydrogens (tertiary/aromatic N) is 2. The average molecular weight is 358 g/mol. The van der Waals surface area contributed by atoms with E-state index < -0.39 is 17.8 Å². The van der Waals surface area contributed by atoms with Crippen LogP contribution in [-0.4, -0.2) is 21.4 Å². The van der Waals surface area contributed by atoms with Crippen LogP contribution in [0.1, 0.15) is 21.7 Å². The fraction of sp³-hybridized carbons (Fsp3) is 0.158. The maximum Gasteiger partial charge on any atom is 0.416 e. The molecule has 7 heteroatoms. The number of alkyl halides is 3. The third kappa shape index (κ3) is 2.85. The van der Waals surface area contributed by atoms with Crippen molar-refractivity contribution in [3.8, 4) is 11.4 Å². The van der Waals surface area contributed by atoms with Gasteiger partial charge in [0.05, 0.1) is 5.56 Å². The van der Waals surface area contributed by atoms with E-state index in [1.54, 1.807) is 6.07 Å². The normalized spacial score (nSPS) is 16.2. The molecule has 1 aliphatic rings. The van der Waals surface area contributed by atoms with Crippen LogP contribution in [0.3, 0.4) is 0 Å². The first-order chi connectivity index (χ1) is 12.4. The Bertz CT molecular complexity index is 936. The van der Waals surface area contributed by atoms with Crippen LogP contribution in [0, 0.1) is 0 Å². The van der Waals surface area contributed by atoms with E-state index in [1.165, 1.54) is 29.1 Å². The van der Waals surface area contributed by atoms with Gasteiger partial charge in [0, 0.05) is 24.5 Å². The summed E-state index contributed by atoms with van der Waals surface area (Å²) < 4.78 is 45.3. The predicted molar refractivity (Wildman–Crippen MR) is 87.5 cm³/mol. The highest BCUT2D eigenvalue weighted by molar-refractivity contribution is 5.98. The van der Waals surface area contributed by atoms with Crippen LogP contribution < -0.4 is 4.74 Å². The van der Waals surface area contributed by atoms with Gasteiger partial charge in [-0.2, -0.15) is 13.2 Å². The van der Waals surface area contributed by atoms with Crippen LogP contribution in [0.5, 0.6) is 5.75 Å². The molecule has 0 radical (unpaired) electrons. The number of benzene rings is 2. The number of Topliss-reactive ketones (excluding diaryl/α,β-unsaturated/α-hetero) is 1. The molecule has 0 amide bonds. The Hall–Kier alpha value is -3.09. The first-order valence-electron chi connectivity index (χ1n) is 7.93. The number of imidazole rings is 1. The SMILES string of the molecule is O=C(c1nccn1-c1ccc(C(F)(F)F)cc1)[C@H]1Cc2ccccc2O1. The van der Waals surface area contributed by atoms with Crippen molar-refractivity contribution in [3.05, 3.63) is 77.9 Å². The number of para-hydroxylation sites is 1. The lowest BCUT2D eigenvalue weighted by atomic mass is 10.1. The summed E-state index contributed by atoms with van der Waals surface area (Å²) in [6.45, 7) is 0. The number of halogens is 3. The number of hydrogen-bond donors (Lipinski definition) is 0. The van der Waals surface area contributed by atoms with Crippen LogP contribution in [0.25, 0.3) is 5.69 Å². The summed E-state index contributed by atoms with van der Waals surface area (Å²) in [7, 11) is 0. The molecule has 2 heterocycles. The monoisotopic (exact) mass is 358 g/mol. The number of fused-ring (bicyclic) bond motifs is 1. The highest BCUT2D eigenvalue weighted by Crippen LogP contribution is 2.31. The summed E-state index contributed by atoms with van der Waals surface area (Å²) in [5.41, 5.74) is 0.622. The molecule has 0 unspecified atom stereocenters. The highest BCUT2D eigenvalue weighted by Gasteiger charge is 2.33. The van der Waals surface area contributed by atoms with Crippen molar-refractivity contribution in [1.82, 2.24) is 9.55 Å². The molecular formula is C19H13F3N2O2. The fourth-order valence-corrected chi connectivity index (χ4v) is 2.98. The Kier molecular flexibility index (Phi) is 3.79. The number of rotatable bonds is 3. The number of carbonyl (C=O) groups is 1. The first-order valence-corrected chi connectivity index (χ1v) is 7.93. The van der Waals surface area contributed by atoms with Gasteiger partial charge in [-0.3, -0.25) is 9.36 Å². The minimum Gasteiger partial charge on any atom is -0.481 e. The van der Waals surface area contributed by atoms with Gasteiger partial charge in [0.15, 0.2) is 11.9 Å². The van der Waals surface area contributed by atoms with E-state index in [0.717, 1.165) is 17.7 Å². The van der Waals surface area contributed by atoms with Crippen molar-refractivity contribution in [2.24, 2.45) is 0 Å². The zero-order valence-electron chi connectivity index (χ0n) is 13.4. The second-order valence-electron chi connectivity index (χ2n) is 5.95. The van der Waals surface area contributed by atoms with E-state index in [4.69, 9.17) is 4.74 Å². The first kappa shape index (κ1) is 16.4. The molecule has 1 aromatic heterocycles. The van der Waals surface area contributed by atoms with Gasteiger partial charge in [-0.15, -0.1) is 0 Å². The fourth-order valence-electron chi connectivity index (χ4n) is 2.98. The summed E-state index contributed by atoms with van der Waals surface area (Å²) in [6, 6.07) is 12.0. The minimum absolute atomic E-state index is 0.127. The van der Waals surface area contributed by atoms with E-state index in [-0.39, 0.29) is 11.6 Å². The molecule has 0 aliphatic carbocycles. The quantitative estimate of drug-likeness (QED) is 0.663. The van der Waals surface area contributed by atoms with Gasteiger partial charge in [-0.05, 0) is 35.9 Å². The summed E-state index contributed by atoms with van der Waals surface area (Å²) in [6.07, 6.45) is -1.68. The lowest BCUT2D eigenvalue weighted by molar-refractivity contribution is -0.137. The molecule has 0 fully saturated rings. The lowest BCUT2D eigenvalue weighted by Crippen LogP contribution is -2.28. The Labute approximate surface area is 146 Å². The standard InChI is InChI=1S/C19H13F3N2O2/c20-19(21,22)13-5-7-14(8-6-13)24-10-9-23-18(24)17(25)16-11-12-3-1-2-4-15(12)26-16/h1-10,16H,11H2/t16-/m1/s1. The third-order valence-corrected chi connectivity index (χ3v) is 4.27. The van der Waals surface area contributed by atoms with Gasteiger partial charge < -0.3 is 4.74 Å². The average Bonchev–Trinajstić information content (AvgIpc) is 3.27. The van der Waals surface area contributed by atoms with Crippen molar-refractivity contribution < 1.29 is 22.7 Å². The molecule has 4 nitrogen and oxygen atoms in total. The second kappa shape index (κ2) is 6.01. The van der Waals surface area contributed by atoms with E-state index in [1.807, 2.05) is 18.2 Å². The molecule has 132 valence electrons. The Morgan fingerprint density at radius 2 is 1.85 bits per heavy atom. The molecule has 0 bridgehead atoms. The predicted octanol–water partition coefficient (Wildman–Crippen LogP) is 4.08. The molecule has 3 aromatic rings. The van der Waals surface area contributed by atoms with Crippen molar-refractivity contribution in [2.75, 3.05) is 0 Å². The molecule has 2 aromatic carbocycles. The second-order valence-corrected chi connectivity index (χ2v) is 5.95. The van der Waals surface area contributed by atoms with Gasteiger partial charge in [0.25, 0.3) is 0 Å². The minimum atomic E-state index is -4.41. The molecule has 1 atom stereocenters. The molecule has 4 rings (SSSR count). The van der Waals surface area contributed by atoms with Crippen LogP contribution in [0.15, 0.2) is 60.9 Å². The number of ketones is 1. The molecular weight excluding hydrogens is 345 g/mol.